The lowest BCUT2D eigenvalue weighted by molar-refractivity contribution is -0.153. The molecule has 0 aromatic heterocycles. The van der Waals surface area contributed by atoms with Gasteiger partial charge in [-0.05, 0) is 51.2 Å². The third-order valence-corrected chi connectivity index (χ3v) is 4.08. The molecule has 0 spiro atoms. The van der Waals surface area contributed by atoms with Crippen molar-refractivity contribution in [1.29, 1.82) is 0 Å². The number of rotatable bonds is 12. The predicted octanol–water partition coefficient (Wildman–Crippen LogP) is 4.42. The summed E-state index contributed by atoms with van der Waals surface area (Å²) in [7, 11) is 5.90. The highest BCUT2D eigenvalue weighted by Gasteiger charge is 2.28. The summed E-state index contributed by atoms with van der Waals surface area (Å²) < 4.78 is 41.1. The van der Waals surface area contributed by atoms with E-state index in [2.05, 4.69) is 34.6 Å². The molecule has 0 aliphatic carbocycles. The van der Waals surface area contributed by atoms with Gasteiger partial charge in [-0.2, -0.15) is 13.2 Å². The maximum Gasteiger partial charge on any atom is 0.422 e. The molecule has 0 radical (unpaired) electrons. The molecule has 0 atom stereocenters. The number of nitrogens with zero attached hydrogens (tertiary/aromatic N) is 2. The minimum Gasteiger partial charge on any atom is -0.484 e. The Bertz CT molecular complexity index is 566. The predicted molar refractivity (Wildman–Crippen MR) is 123 cm³/mol. The second-order valence-corrected chi connectivity index (χ2v) is 6.97. The number of nitrogens with one attached hydrogen (secondary N) is 2. The Hall–Kier alpha value is -1.23. The van der Waals surface area contributed by atoms with Crippen LogP contribution in [0.4, 0.5) is 13.2 Å². The van der Waals surface area contributed by atoms with E-state index in [-0.39, 0.29) is 29.7 Å². The molecule has 0 heterocycles. The van der Waals surface area contributed by atoms with Crippen LogP contribution in [0.1, 0.15) is 37.7 Å². The second kappa shape index (κ2) is 15.6. The molecule has 1 rings (SSSR count). The highest BCUT2D eigenvalue weighted by atomic mass is 127. The number of benzene rings is 1. The van der Waals surface area contributed by atoms with Crippen molar-refractivity contribution in [2.75, 3.05) is 40.8 Å². The molecule has 29 heavy (non-hydrogen) atoms. The number of aliphatic imine (C=N–C) groups is 1. The van der Waals surface area contributed by atoms with Crippen molar-refractivity contribution in [2.45, 2.75) is 44.8 Å². The summed E-state index contributed by atoms with van der Waals surface area (Å²) in [4.78, 5) is 6.39. The number of hydrogen-bond donors (Lipinski definition) is 2. The highest BCUT2D eigenvalue weighted by molar-refractivity contribution is 14.0. The molecule has 5 nitrogen and oxygen atoms in total. The van der Waals surface area contributed by atoms with Crippen molar-refractivity contribution in [3.63, 3.8) is 0 Å². The number of alkyl halides is 3. The van der Waals surface area contributed by atoms with E-state index in [4.69, 9.17) is 4.74 Å². The minimum absolute atomic E-state index is 0. The van der Waals surface area contributed by atoms with E-state index in [1.807, 2.05) is 0 Å². The molecule has 0 saturated carbocycles. The molecule has 1 aromatic rings. The molecule has 0 bridgehead atoms. The molecule has 0 saturated heterocycles. The summed E-state index contributed by atoms with van der Waals surface area (Å²) in [5, 5.41) is 6.48. The third-order valence-electron chi connectivity index (χ3n) is 4.08. The van der Waals surface area contributed by atoms with E-state index >= 15 is 0 Å². The Labute approximate surface area is 189 Å². The Balaban J connectivity index is 0.00000784. The summed E-state index contributed by atoms with van der Waals surface area (Å²) in [5.41, 5.74) is 0.934. The Kier molecular flexibility index (Phi) is 14.9. The van der Waals surface area contributed by atoms with Crippen LogP contribution in [0.5, 0.6) is 5.75 Å². The largest absolute Gasteiger partial charge is 0.484 e. The number of ether oxygens (including phenoxy) is 1. The third kappa shape index (κ3) is 15.3. The number of unbranched alkanes of at least 4 members (excludes halogenated alkanes) is 4. The lowest BCUT2D eigenvalue weighted by Gasteiger charge is -2.13. The summed E-state index contributed by atoms with van der Waals surface area (Å²) >= 11 is 0. The standard InChI is InChI=1S/C20H33F3N4O.HI/c1-24-19(25-13-7-5-4-6-8-14-27(2)3)26-15-17-9-11-18(12-10-17)28-16-20(21,22)23;/h9-12H,4-8,13-16H2,1-3H3,(H2,24,25,26);1H. The fourth-order valence-electron chi connectivity index (χ4n) is 2.57. The van der Waals surface area contributed by atoms with Crippen LogP contribution in [-0.2, 0) is 6.54 Å². The lowest BCUT2D eigenvalue weighted by atomic mass is 10.1. The quantitative estimate of drug-likeness (QED) is 0.182. The first-order valence-corrected chi connectivity index (χ1v) is 9.68. The molecular weight excluding hydrogens is 496 g/mol. The first-order chi connectivity index (χ1) is 13.3. The summed E-state index contributed by atoms with van der Waals surface area (Å²) in [6.45, 7) is 1.25. The smallest absolute Gasteiger partial charge is 0.422 e. The molecule has 0 unspecified atom stereocenters. The van der Waals surface area contributed by atoms with Crippen molar-refractivity contribution in [2.24, 2.45) is 4.99 Å². The Morgan fingerprint density at radius 1 is 1.00 bits per heavy atom. The number of guanidine groups is 1. The van der Waals surface area contributed by atoms with Crippen LogP contribution >= 0.6 is 24.0 Å². The van der Waals surface area contributed by atoms with E-state index in [9.17, 15) is 13.2 Å². The van der Waals surface area contributed by atoms with Gasteiger partial charge >= 0.3 is 6.18 Å². The number of hydrogen-bond acceptors (Lipinski definition) is 3. The van der Waals surface area contributed by atoms with E-state index in [1.165, 1.54) is 37.8 Å². The van der Waals surface area contributed by atoms with E-state index in [0.29, 0.717) is 12.5 Å². The van der Waals surface area contributed by atoms with Gasteiger partial charge in [-0.15, -0.1) is 24.0 Å². The molecule has 1 aromatic carbocycles. The molecule has 0 aliphatic heterocycles. The topological polar surface area (TPSA) is 48.9 Å². The SMILES string of the molecule is CN=C(NCCCCCCCN(C)C)NCc1ccc(OCC(F)(F)F)cc1.I. The van der Waals surface area contributed by atoms with Crippen molar-refractivity contribution in [1.82, 2.24) is 15.5 Å². The van der Waals surface area contributed by atoms with Crippen molar-refractivity contribution in [3.05, 3.63) is 29.8 Å². The zero-order chi connectivity index (χ0) is 20.8. The van der Waals surface area contributed by atoms with Crippen LogP contribution in [0, 0.1) is 0 Å². The molecular formula is C20H34F3IN4O. The van der Waals surface area contributed by atoms with Crippen LogP contribution in [-0.4, -0.2) is 57.9 Å². The van der Waals surface area contributed by atoms with E-state index in [1.54, 1.807) is 19.2 Å². The summed E-state index contributed by atoms with van der Waals surface area (Å²) in [6, 6.07) is 6.55. The fourth-order valence-corrected chi connectivity index (χ4v) is 2.57. The fraction of sp³-hybridized carbons (Fsp3) is 0.650. The van der Waals surface area contributed by atoms with Gasteiger partial charge in [-0.1, -0.05) is 31.4 Å². The average Bonchev–Trinajstić information content (AvgIpc) is 2.64. The van der Waals surface area contributed by atoms with Gasteiger partial charge in [0.25, 0.3) is 0 Å². The lowest BCUT2D eigenvalue weighted by Crippen LogP contribution is -2.37. The van der Waals surface area contributed by atoms with Gasteiger partial charge in [-0.3, -0.25) is 4.99 Å². The second-order valence-electron chi connectivity index (χ2n) is 6.97. The average molecular weight is 530 g/mol. The summed E-state index contributed by atoms with van der Waals surface area (Å²) in [5.74, 6) is 0.916. The summed E-state index contributed by atoms with van der Waals surface area (Å²) in [6.07, 6.45) is 1.69. The number of halogens is 4. The monoisotopic (exact) mass is 530 g/mol. The molecule has 2 N–H and O–H groups in total. The Morgan fingerprint density at radius 2 is 1.62 bits per heavy atom. The van der Waals surface area contributed by atoms with E-state index in [0.717, 1.165) is 25.1 Å². The normalized spacial score (nSPS) is 11.9. The molecule has 0 fully saturated rings. The Morgan fingerprint density at radius 3 is 2.21 bits per heavy atom. The zero-order valence-corrected chi connectivity index (χ0v) is 19.8. The minimum atomic E-state index is -4.33. The zero-order valence-electron chi connectivity index (χ0n) is 17.5. The van der Waals surface area contributed by atoms with Crippen LogP contribution in [0.2, 0.25) is 0 Å². The van der Waals surface area contributed by atoms with E-state index < -0.39 is 12.8 Å². The van der Waals surface area contributed by atoms with Gasteiger partial charge in [0.15, 0.2) is 12.6 Å². The highest BCUT2D eigenvalue weighted by Crippen LogP contribution is 2.18. The molecule has 0 amide bonds. The van der Waals surface area contributed by atoms with Gasteiger partial charge in [-0.25, -0.2) is 0 Å². The van der Waals surface area contributed by atoms with Crippen LogP contribution in [0.15, 0.2) is 29.3 Å². The van der Waals surface area contributed by atoms with Gasteiger partial charge in [0.1, 0.15) is 5.75 Å². The van der Waals surface area contributed by atoms with Crippen LogP contribution in [0.25, 0.3) is 0 Å². The molecule has 9 heteroatoms. The van der Waals surface area contributed by atoms with Crippen molar-refractivity contribution in [3.8, 4) is 5.75 Å². The first kappa shape index (κ1) is 27.8. The van der Waals surface area contributed by atoms with Crippen molar-refractivity contribution < 1.29 is 17.9 Å². The van der Waals surface area contributed by atoms with Gasteiger partial charge in [0.2, 0.25) is 0 Å². The van der Waals surface area contributed by atoms with Crippen molar-refractivity contribution >= 4 is 29.9 Å². The molecule has 0 aliphatic rings. The van der Waals surface area contributed by atoms with Gasteiger partial charge in [0.05, 0.1) is 0 Å². The van der Waals surface area contributed by atoms with Gasteiger partial charge < -0.3 is 20.3 Å². The van der Waals surface area contributed by atoms with Crippen LogP contribution < -0.4 is 15.4 Å². The molecule has 168 valence electrons. The first-order valence-electron chi connectivity index (χ1n) is 9.68. The maximum absolute atomic E-state index is 12.1. The maximum atomic E-state index is 12.1. The van der Waals surface area contributed by atoms with Gasteiger partial charge in [0, 0.05) is 20.1 Å². The van der Waals surface area contributed by atoms with Crippen LogP contribution in [0.3, 0.4) is 0 Å².